The molecule has 0 aromatic rings. The fourth-order valence-electron chi connectivity index (χ4n) is 1.89. The Morgan fingerprint density at radius 2 is 1.33 bits per heavy atom. The van der Waals surface area contributed by atoms with Crippen LogP contribution >= 0.6 is 0 Å². The van der Waals surface area contributed by atoms with Crippen molar-refractivity contribution >= 4 is 17.3 Å². The van der Waals surface area contributed by atoms with E-state index in [1.165, 1.54) is 7.11 Å². The van der Waals surface area contributed by atoms with Gasteiger partial charge in [-0.25, -0.2) is 0 Å². The Bertz CT molecular complexity index is 277. The molecule has 6 N–H and O–H groups in total. The summed E-state index contributed by atoms with van der Waals surface area (Å²) in [5, 5.41) is 0. The highest BCUT2D eigenvalue weighted by molar-refractivity contribution is 6.25. The number of ketones is 3. The second-order valence-electron chi connectivity index (χ2n) is 3.88. The van der Waals surface area contributed by atoms with Crippen LogP contribution in [0, 0.1) is 5.41 Å². The summed E-state index contributed by atoms with van der Waals surface area (Å²) < 4.78 is 4.85. The largest absolute Gasteiger partial charge is 0.385 e. The number of hydrogen-bond donors (Lipinski definition) is 3. The number of hydrogen-bond acceptors (Lipinski definition) is 7. The van der Waals surface area contributed by atoms with Gasteiger partial charge in [0.25, 0.3) is 0 Å². The van der Waals surface area contributed by atoms with E-state index in [4.69, 9.17) is 21.9 Å². The third-order valence-corrected chi connectivity index (χ3v) is 2.88. The molecule has 0 heterocycles. The van der Waals surface area contributed by atoms with Crippen molar-refractivity contribution in [3.63, 3.8) is 0 Å². The molecule has 0 aromatic carbocycles. The summed E-state index contributed by atoms with van der Waals surface area (Å²) in [5.74, 6) is -1.90. The van der Waals surface area contributed by atoms with Gasteiger partial charge in [0.05, 0.1) is 19.6 Å². The Balaban J connectivity index is 5.33. The van der Waals surface area contributed by atoms with Crippen molar-refractivity contribution in [1.82, 2.24) is 0 Å². The van der Waals surface area contributed by atoms with Gasteiger partial charge in [0, 0.05) is 13.7 Å². The van der Waals surface area contributed by atoms with Crippen LogP contribution in [0.25, 0.3) is 0 Å². The van der Waals surface area contributed by atoms with Crippen molar-refractivity contribution in [2.45, 2.75) is 12.8 Å². The first-order valence-corrected chi connectivity index (χ1v) is 5.70. The van der Waals surface area contributed by atoms with Gasteiger partial charge < -0.3 is 21.9 Å². The molecule has 0 aliphatic heterocycles. The Labute approximate surface area is 106 Å². The average Bonchev–Trinajstić information content (AvgIpc) is 2.41. The maximum atomic E-state index is 11.9. The van der Waals surface area contributed by atoms with Gasteiger partial charge in [-0.05, 0) is 12.8 Å². The van der Waals surface area contributed by atoms with Gasteiger partial charge in [0.1, 0.15) is 5.41 Å². The SMILES string of the molecule is COCCCC(C(=O)CN)(C(=O)CN)C(=O)CN. The van der Waals surface area contributed by atoms with Gasteiger partial charge >= 0.3 is 0 Å². The predicted molar refractivity (Wildman–Crippen MR) is 65.7 cm³/mol. The van der Waals surface area contributed by atoms with E-state index < -0.39 is 42.4 Å². The lowest BCUT2D eigenvalue weighted by atomic mass is 9.71. The molecule has 0 aliphatic rings. The molecule has 0 bridgehead atoms. The minimum absolute atomic E-state index is 0.0307. The van der Waals surface area contributed by atoms with E-state index in [-0.39, 0.29) is 6.42 Å². The molecule has 0 unspecified atom stereocenters. The second-order valence-corrected chi connectivity index (χ2v) is 3.88. The summed E-state index contributed by atoms with van der Waals surface area (Å²) in [4.78, 5) is 35.7. The predicted octanol–water partition coefficient (Wildman–Crippen LogP) is -2.02. The molecular formula is C11H21N3O4. The zero-order valence-corrected chi connectivity index (χ0v) is 10.6. The summed E-state index contributed by atoms with van der Waals surface area (Å²) >= 11 is 0. The highest BCUT2D eigenvalue weighted by Gasteiger charge is 2.48. The van der Waals surface area contributed by atoms with Crippen molar-refractivity contribution in [3.05, 3.63) is 0 Å². The molecule has 0 aliphatic carbocycles. The van der Waals surface area contributed by atoms with Gasteiger partial charge in [-0.15, -0.1) is 0 Å². The van der Waals surface area contributed by atoms with E-state index in [9.17, 15) is 14.4 Å². The second kappa shape index (κ2) is 8.04. The zero-order chi connectivity index (χ0) is 14.2. The normalized spacial score (nSPS) is 11.3. The Kier molecular flexibility index (Phi) is 7.53. The van der Waals surface area contributed by atoms with E-state index >= 15 is 0 Å². The van der Waals surface area contributed by atoms with Crippen LogP contribution in [0.4, 0.5) is 0 Å². The van der Waals surface area contributed by atoms with Gasteiger partial charge in [-0.1, -0.05) is 0 Å². The maximum absolute atomic E-state index is 11.9. The van der Waals surface area contributed by atoms with Gasteiger partial charge in [-0.2, -0.15) is 0 Å². The fourth-order valence-corrected chi connectivity index (χ4v) is 1.89. The highest BCUT2D eigenvalue weighted by atomic mass is 16.5. The van der Waals surface area contributed by atoms with E-state index in [1.807, 2.05) is 0 Å². The smallest absolute Gasteiger partial charge is 0.167 e. The molecule has 0 amide bonds. The molecule has 0 saturated carbocycles. The average molecular weight is 259 g/mol. The first-order chi connectivity index (χ1) is 8.50. The summed E-state index contributed by atoms with van der Waals surface area (Å²) in [6.45, 7) is -0.866. The van der Waals surface area contributed by atoms with Crippen molar-refractivity contribution in [2.24, 2.45) is 22.6 Å². The third-order valence-electron chi connectivity index (χ3n) is 2.88. The zero-order valence-electron chi connectivity index (χ0n) is 10.6. The molecular weight excluding hydrogens is 238 g/mol. The van der Waals surface area contributed by atoms with E-state index in [0.717, 1.165) is 0 Å². The van der Waals surface area contributed by atoms with Crippen LogP contribution in [-0.2, 0) is 19.1 Å². The van der Waals surface area contributed by atoms with Crippen molar-refractivity contribution in [3.8, 4) is 0 Å². The third kappa shape index (κ3) is 3.42. The van der Waals surface area contributed by atoms with Crippen LogP contribution < -0.4 is 17.2 Å². The first-order valence-electron chi connectivity index (χ1n) is 5.70. The fraction of sp³-hybridized carbons (Fsp3) is 0.727. The molecule has 7 nitrogen and oxygen atoms in total. The Morgan fingerprint density at radius 3 is 1.61 bits per heavy atom. The van der Waals surface area contributed by atoms with Crippen molar-refractivity contribution < 1.29 is 19.1 Å². The summed E-state index contributed by atoms with van der Waals surface area (Å²) in [5.41, 5.74) is 14.0. The summed E-state index contributed by atoms with van der Waals surface area (Å²) in [6.07, 6.45) is 0.405. The molecule has 0 atom stereocenters. The number of ether oxygens (including phenoxy) is 1. The molecule has 0 fully saturated rings. The highest BCUT2D eigenvalue weighted by Crippen LogP contribution is 2.27. The van der Waals surface area contributed by atoms with Crippen molar-refractivity contribution in [1.29, 1.82) is 0 Å². The Morgan fingerprint density at radius 1 is 0.944 bits per heavy atom. The molecule has 18 heavy (non-hydrogen) atoms. The van der Waals surface area contributed by atoms with Crippen LogP contribution in [0.5, 0.6) is 0 Å². The minimum atomic E-state index is -1.79. The van der Waals surface area contributed by atoms with Crippen LogP contribution in [0.1, 0.15) is 12.8 Å². The molecule has 0 aromatic heterocycles. The van der Waals surface area contributed by atoms with Crippen LogP contribution in [0.3, 0.4) is 0 Å². The standard InChI is InChI=1S/C11H21N3O4/c1-18-4-2-3-11(8(15)5-12,9(16)6-13)10(17)7-14/h2-7,12-14H2,1H3. The lowest BCUT2D eigenvalue weighted by molar-refractivity contribution is -0.148. The van der Waals surface area contributed by atoms with E-state index in [1.54, 1.807) is 0 Å². The number of carbonyl (C=O) groups excluding carboxylic acids is 3. The summed E-state index contributed by atoms with van der Waals surface area (Å²) in [7, 11) is 1.49. The van der Waals surface area contributed by atoms with Crippen molar-refractivity contribution in [2.75, 3.05) is 33.4 Å². The van der Waals surface area contributed by atoms with Gasteiger partial charge in [-0.3, -0.25) is 14.4 Å². The van der Waals surface area contributed by atoms with E-state index in [2.05, 4.69) is 0 Å². The lowest BCUT2D eigenvalue weighted by Crippen LogP contribution is -2.53. The molecule has 0 spiro atoms. The number of methoxy groups -OCH3 is 1. The molecule has 0 rings (SSSR count). The molecule has 104 valence electrons. The molecule has 0 saturated heterocycles. The van der Waals surface area contributed by atoms with Gasteiger partial charge in [0.15, 0.2) is 17.3 Å². The number of rotatable bonds is 10. The molecule has 7 heteroatoms. The van der Waals surface area contributed by atoms with Gasteiger partial charge in [0.2, 0.25) is 0 Å². The number of Topliss-reactive ketones (excluding diaryl/α,β-unsaturated/α-hetero) is 3. The van der Waals surface area contributed by atoms with Crippen LogP contribution in [-0.4, -0.2) is 50.7 Å². The molecule has 0 radical (unpaired) electrons. The summed E-state index contributed by atoms with van der Waals surface area (Å²) in [6, 6.07) is 0. The lowest BCUT2D eigenvalue weighted by Gasteiger charge is -2.28. The van der Waals surface area contributed by atoms with Crippen LogP contribution in [0.15, 0.2) is 0 Å². The number of carbonyl (C=O) groups is 3. The Hall–Kier alpha value is -1.15. The first kappa shape index (κ1) is 16.9. The minimum Gasteiger partial charge on any atom is -0.385 e. The van der Waals surface area contributed by atoms with Crippen LogP contribution in [0.2, 0.25) is 0 Å². The maximum Gasteiger partial charge on any atom is 0.167 e. The quantitative estimate of drug-likeness (QED) is 0.304. The van der Waals surface area contributed by atoms with E-state index in [0.29, 0.717) is 13.0 Å². The monoisotopic (exact) mass is 259 g/mol. The number of nitrogens with two attached hydrogens (primary N) is 3. The topological polar surface area (TPSA) is 138 Å².